The molecule has 1 aromatic rings. The van der Waals surface area contributed by atoms with E-state index in [-0.39, 0.29) is 11.8 Å². The Balaban J connectivity index is 1.66. The van der Waals surface area contributed by atoms with Crippen LogP contribution in [0.3, 0.4) is 0 Å². The highest BCUT2D eigenvalue weighted by atomic mass is 35.5. The molecule has 6 heteroatoms. The summed E-state index contributed by atoms with van der Waals surface area (Å²) in [6.07, 6.45) is 2.41. The molecule has 0 aliphatic carbocycles. The Labute approximate surface area is 115 Å². The summed E-state index contributed by atoms with van der Waals surface area (Å²) in [4.78, 5) is 25.5. The fourth-order valence-corrected chi connectivity index (χ4v) is 2.90. The van der Waals surface area contributed by atoms with Crippen LogP contribution in [0.4, 0.5) is 0 Å². The molecule has 0 radical (unpaired) electrons. The third-order valence-corrected chi connectivity index (χ3v) is 4.09. The zero-order valence-corrected chi connectivity index (χ0v) is 11.5. The van der Waals surface area contributed by atoms with Crippen LogP contribution < -0.4 is 5.32 Å². The van der Waals surface area contributed by atoms with Gasteiger partial charge in [-0.2, -0.15) is 0 Å². The van der Waals surface area contributed by atoms with Crippen molar-refractivity contribution in [2.45, 2.75) is 19.3 Å². The first kappa shape index (κ1) is 13.4. The van der Waals surface area contributed by atoms with E-state index in [1.165, 1.54) is 11.3 Å². The van der Waals surface area contributed by atoms with Crippen molar-refractivity contribution in [3.05, 3.63) is 21.3 Å². The Bertz CT molecular complexity index is 447. The molecule has 0 aromatic carbocycles. The van der Waals surface area contributed by atoms with Crippen molar-refractivity contribution in [2.75, 3.05) is 19.6 Å². The molecule has 2 amide bonds. The fourth-order valence-electron chi connectivity index (χ4n) is 1.94. The van der Waals surface area contributed by atoms with Crippen molar-refractivity contribution in [1.82, 2.24) is 10.2 Å². The highest BCUT2D eigenvalue weighted by Crippen LogP contribution is 2.21. The summed E-state index contributed by atoms with van der Waals surface area (Å²) < 4.78 is 0.614. The standard InChI is InChI=1S/C12H15ClN2O2S/c13-10-5-4-9(18-10)12(17)14-6-2-8-15-7-1-3-11(15)16/h4-5H,1-3,6-8H2,(H,14,17). The van der Waals surface area contributed by atoms with Crippen molar-refractivity contribution in [1.29, 1.82) is 0 Å². The molecule has 18 heavy (non-hydrogen) atoms. The first-order valence-electron chi connectivity index (χ1n) is 5.98. The Morgan fingerprint density at radius 2 is 2.33 bits per heavy atom. The van der Waals surface area contributed by atoms with Crippen LogP contribution >= 0.6 is 22.9 Å². The molecule has 2 heterocycles. The molecule has 1 fully saturated rings. The molecular formula is C12H15ClN2O2S. The van der Waals surface area contributed by atoms with Crippen LogP contribution in [0.1, 0.15) is 28.9 Å². The van der Waals surface area contributed by atoms with Crippen LogP contribution in [0, 0.1) is 0 Å². The Hall–Kier alpha value is -1.07. The van der Waals surface area contributed by atoms with E-state index in [1.807, 2.05) is 4.90 Å². The maximum atomic E-state index is 11.7. The quantitative estimate of drug-likeness (QED) is 0.843. The second kappa shape index (κ2) is 6.20. The molecule has 1 N–H and O–H groups in total. The summed E-state index contributed by atoms with van der Waals surface area (Å²) >= 11 is 7.03. The van der Waals surface area contributed by atoms with Crippen molar-refractivity contribution in [2.24, 2.45) is 0 Å². The summed E-state index contributed by atoms with van der Waals surface area (Å²) in [6.45, 7) is 2.16. The lowest BCUT2D eigenvalue weighted by Crippen LogP contribution is -2.30. The molecule has 0 unspecified atom stereocenters. The van der Waals surface area contributed by atoms with Crippen LogP contribution in [-0.4, -0.2) is 36.3 Å². The van der Waals surface area contributed by atoms with E-state index < -0.39 is 0 Å². The van der Waals surface area contributed by atoms with E-state index in [4.69, 9.17) is 11.6 Å². The molecule has 0 bridgehead atoms. The van der Waals surface area contributed by atoms with Gasteiger partial charge in [0, 0.05) is 26.1 Å². The number of rotatable bonds is 5. The third-order valence-electron chi connectivity index (χ3n) is 2.86. The Kier molecular flexibility index (Phi) is 4.60. The van der Waals surface area contributed by atoms with Crippen LogP contribution in [-0.2, 0) is 4.79 Å². The van der Waals surface area contributed by atoms with Gasteiger partial charge in [0.1, 0.15) is 0 Å². The average molecular weight is 287 g/mol. The van der Waals surface area contributed by atoms with Gasteiger partial charge < -0.3 is 10.2 Å². The molecule has 0 spiro atoms. The number of halogens is 1. The molecule has 0 saturated carbocycles. The molecule has 4 nitrogen and oxygen atoms in total. The van der Waals surface area contributed by atoms with Gasteiger partial charge in [-0.15, -0.1) is 11.3 Å². The number of amides is 2. The molecule has 0 atom stereocenters. The van der Waals surface area contributed by atoms with Gasteiger partial charge in [-0.05, 0) is 25.0 Å². The van der Waals surface area contributed by atoms with Gasteiger partial charge in [-0.1, -0.05) is 11.6 Å². The van der Waals surface area contributed by atoms with Crippen molar-refractivity contribution < 1.29 is 9.59 Å². The van der Waals surface area contributed by atoms with E-state index in [9.17, 15) is 9.59 Å². The summed E-state index contributed by atoms with van der Waals surface area (Å²) in [6, 6.07) is 3.43. The maximum absolute atomic E-state index is 11.7. The lowest BCUT2D eigenvalue weighted by atomic mass is 10.3. The average Bonchev–Trinajstić information content (AvgIpc) is 2.94. The topological polar surface area (TPSA) is 49.4 Å². The number of carbonyl (C=O) groups is 2. The van der Waals surface area contributed by atoms with Crippen LogP contribution in [0.15, 0.2) is 12.1 Å². The van der Waals surface area contributed by atoms with Gasteiger partial charge >= 0.3 is 0 Å². The van der Waals surface area contributed by atoms with Crippen molar-refractivity contribution >= 4 is 34.8 Å². The van der Waals surface area contributed by atoms with Crippen LogP contribution in [0.25, 0.3) is 0 Å². The summed E-state index contributed by atoms with van der Waals surface area (Å²) in [5.41, 5.74) is 0. The van der Waals surface area contributed by atoms with Crippen molar-refractivity contribution in [3.8, 4) is 0 Å². The van der Waals surface area contributed by atoms with Gasteiger partial charge in [-0.25, -0.2) is 0 Å². The molecule has 98 valence electrons. The molecular weight excluding hydrogens is 272 g/mol. The second-order valence-electron chi connectivity index (χ2n) is 4.20. The number of hydrogen-bond donors (Lipinski definition) is 1. The first-order chi connectivity index (χ1) is 8.66. The largest absolute Gasteiger partial charge is 0.351 e. The lowest BCUT2D eigenvalue weighted by Gasteiger charge is -2.15. The predicted octanol–water partition coefficient (Wildman–Crippen LogP) is 2.14. The van der Waals surface area contributed by atoms with Gasteiger partial charge in [-0.3, -0.25) is 9.59 Å². The predicted molar refractivity (Wildman–Crippen MR) is 72.1 cm³/mol. The van der Waals surface area contributed by atoms with Gasteiger partial charge in [0.05, 0.1) is 9.21 Å². The normalized spacial score (nSPS) is 15.2. The third kappa shape index (κ3) is 3.46. The number of carbonyl (C=O) groups excluding carboxylic acids is 2. The molecule has 1 saturated heterocycles. The smallest absolute Gasteiger partial charge is 0.261 e. The monoisotopic (exact) mass is 286 g/mol. The Morgan fingerprint density at radius 3 is 2.94 bits per heavy atom. The molecule has 2 rings (SSSR count). The minimum atomic E-state index is -0.0975. The fraction of sp³-hybridized carbons (Fsp3) is 0.500. The molecule has 1 aromatic heterocycles. The van der Waals surface area contributed by atoms with E-state index in [1.54, 1.807) is 12.1 Å². The number of nitrogens with zero attached hydrogens (tertiary/aromatic N) is 1. The van der Waals surface area contributed by atoms with Gasteiger partial charge in [0.25, 0.3) is 5.91 Å². The second-order valence-corrected chi connectivity index (χ2v) is 5.91. The highest BCUT2D eigenvalue weighted by Gasteiger charge is 2.19. The van der Waals surface area contributed by atoms with E-state index >= 15 is 0 Å². The number of thiophene rings is 1. The van der Waals surface area contributed by atoms with E-state index in [2.05, 4.69) is 5.32 Å². The summed E-state index contributed by atoms with van der Waals surface area (Å²) in [5, 5.41) is 2.83. The minimum Gasteiger partial charge on any atom is -0.351 e. The first-order valence-corrected chi connectivity index (χ1v) is 7.17. The highest BCUT2D eigenvalue weighted by molar-refractivity contribution is 7.17. The number of likely N-dealkylation sites (tertiary alicyclic amines) is 1. The molecule has 1 aliphatic heterocycles. The Morgan fingerprint density at radius 1 is 1.50 bits per heavy atom. The number of nitrogens with one attached hydrogen (secondary N) is 1. The zero-order valence-electron chi connectivity index (χ0n) is 9.95. The van der Waals surface area contributed by atoms with E-state index in [0.717, 1.165) is 25.9 Å². The summed E-state index contributed by atoms with van der Waals surface area (Å²) in [5.74, 6) is 0.131. The maximum Gasteiger partial charge on any atom is 0.261 e. The van der Waals surface area contributed by atoms with Gasteiger partial charge in [0.15, 0.2) is 0 Å². The summed E-state index contributed by atoms with van der Waals surface area (Å²) in [7, 11) is 0. The SMILES string of the molecule is O=C(NCCCN1CCCC1=O)c1ccc(Cl)s1. The lowest BCUT2D eigenvalue weighted by molar-refractivity contribution is -0.127. The van der Waals surface area contributed by atoms with Crippen molar-refractivity contribution in [3.63, 3.8) is 0 Å². The zero-order chi connectivity index (χ0) is 13.0. The number of hydrogen-bond acceptors (Lipinski definition) is 3. The minimum absolute atomic E-state index is 0.0975. The van der Waals surface area contributed by atoms with Gasteiger partial charge in [0.2, 0.25) is 5.91 Å². The van der Waals surface area contributed by atoms with Crippen LogP contribution in [0.5, 0.6) is 0 Å². The van der Waals surface area contributed by atoms with Crippen LogP contribution in [0.2, 0.25) is 4.34 Å². The molecule has 1 aliphatic rings. The van der Waals surface area contributed by atoms with E-state index in [0.29, 0.717) is 22.2 Å².